The van der Waals surface area contributed by atoms with E-state index >= 15 is 0 Å². The number of esters is 1. The Morgan fingerprint density at radius 1 is 1.19 bits per heavy atom. The zero-order valence-electron chi connectivity index (χ0n) is 19.5. The zero-order valence-corrected chi connectivity index (χ0v) is 19.5. The normalized spacial score (nSPS) is 26.4. The molecular formula is C24H36N2O5. The van der Waals surface area contributed by atoms with E-state index in [2.05, 4.69) is 13.8 Å². The van der Waals surface area contributed by atoms with Crippen molar-refractivity contribution in [1.29, 1.82) is 0 Å². The molecule has 0 N–H and O–H groups in total. The second-order valence-corrected chi connectivity index (χ2v) is 9.24. The number of hydrogen-bond donors (Lipinski definition) is 0. The molecular weight excluding hydrogens is 396 g/mol. The Kier molecular flexibility index (Phi) is 7.57. The van der Waals surface area contributed by atoms with Crippen molar-refractivity contribution in [3.8, 4) is 0 Å². The second kappa shape index (κ2) is 9.98. The molecule has 172 valence electrons. The Bertz CT molecular complexity index is 830. The van der Waals surface area contributed by atoms with Crippen LogP contribution in [0.3, 0.4) is 0 Å². The topological polar surface area (TPSA) is 77.8 Å². The van der Waals surface area contributed by atoms with Crippen LogP contribution in [0, 0.1) is 31.6 Å². The molecule has 1 aliphatic carbocycles. The number of methoxy groups -OCH3 is 1. The number of carbonyl (C=O) groups excluding carboxylic acids is 3. The molecule has 1 aromatic heterocycles. The highest BCUT2D eigenvalue weighted by Gasteiger charge is 2.42. The minimum Gasteiger partial charge on any atom is -0.457 e. The number of likely N-dealkylation sites (tertiary alicyclic amines) is 1. The molecule has 1 aromatic rings. The minimum absolute atomic E-state index is 0.0286. The number of ketones is 1. The van der Waals surface area contributed by atoms with E-state index in [0.29, 0.717) is 37.1 Å². The van der Waals surface area contributed by atoms with E-state index in [0.717, 1.165) is 24.2 Å². The summed E-state index contributed by atoms with van der Waals surface area (Å²) in [6.07, 6.45) is 3.48. The largest absolute Gasteiger partial charge is 0.457 e. The van der Waals surface area contributed by atoms with Gasteiger partial charge in [-0.1, -0.05) is 26.7 Å². The van der Waals surface area contributed by atoms with Crippen molar-refractivity contribution in [2.45, 2.75) is 66.0 Å². The van der Waals surface area contributed by atoms with Gasteiger partial charge >= 0.3 is 5.97 Å². The van der Waals surface area contributed by atoms with Crippen LogP contribution < -0.4 is 0 Å². The summed E-state index contributed by atoms with van der Waals surface area (Å²) in [6, 6.07) is 2.03. The van der Waals surface area contributed by atoms with Crippen LogP contribution in [-0.2, 0) is 25.6 Å². The van der Waals surface area contributed by atoms with Gasteiger partial charge in [-0.3, -0.25) is 14.4 Å². The van der Waals surface area contributed by atoms with Crippen molar-refractivity contribution in [2.24, 2.45) is 17.8 Å². The summed E-state index contributed by atoms with van der Waals surface area (Å²) in [4.78, 5) is 39.8. The van der Waals surface area contributed by atoms with E-state index in [1.807, 2.05) is 29.4 Å². The second-order valence-electron chi connectivity index (χ2n) is 9.24. The van der Waals surface area contributed by atoms with Crippen molar-refractivity contribution in [3.05, 3.63) is 23.0 Å². The first kappa shape index (κ1) is 23.5. The average molecular weight is 433 g/mol. The Balaban J connectivity index is 1.56. The van der Waals surface area contributed by atoms with Gasteiger partial charge in [0.1, 0.15) is 0 Å². The molecule has 7 heteroatoms. The van der Waals surface area contributed by atoms with Gasteiger partial charge in [-0.25, -0.2) is 0 Å². The van der Waals surface area contributed by atoms with Crippen LogP contribution in [-0.4, -0.2) is 60.0 Å². The predicted octanol–water partition coefficient (Wildman–Crippen LogP) is 3.15. The summed E-state index contributed by atoms with van der Waals surface area (Å²) in [5.74, 6) is -0.116. The molecule has 4 atom stereocenters. The molecule has 31 heavy (non-hydrogen) atoms. The molecule has 0 unspecified atom stereocenters. The van der Waals surface area contributed by atoms with Crippen LogP contribution in [0.1, 0.15) is 61.3 Å². The first-order valence-corrected chi connectivity index (χ1v) is 11.4. The van der Waals surface area contributed by atoms with Crippen LogP contribution >= 0.6 is 0 Å². The van der Waals surface area contributed by atoms with E-state index in [4.69, 9.17) is 9.47 Å². The van der Waals surface area contributed by atoms with Crippen LogP contribution in [0.15, 0.2) is 6.07 Å². The number of aromatic nitrogens is 1. The van der Waals surface area contributed by atoms with Gasteiger partial charge in [0.15, 0.2) is 6.61 Å². The van der Waals surface area contributed by atoms with Crippen molar-refractivity contribution in [2.75, 3.05) is 26.9 Å². The molecule has 1 saturated heterocycles. The molecule has 2 fully saturated rings. The molecule has 3 rings (SSSR count). The number of ether oxygens (including phenoxy) is 2. The van der Waals surface area contributed by atoms with Crippen molar-refractivity contribution < 1.29 is 23.9 Å². The van der Waals surface area contributed by atoms with Gasteiger partial charge in [-0.05, 0) is 38.2 Å². The summed E-state index contributed by atoms with van der Waals surface area (Å²) in [5, 5.41) is 0. The summed E-state index contributed by atoms with van der Waals surface area (Å²) in [5.41, 5.74) is 2.38. The number of amides is 1. The standard InChI is InChI=1S/C24H36N2O5/c1-15-7-6-8-21(17(15)3)26-13-19(12-23(26)28)24(29)31-14-22(27)20-11-16(2)25(18(20)4)9-10-30-5/h11,15,17,19,21H,6-10,12-14H2,1-5H3/t15-,17-,19+,21+/m0/s1. The first-order chi connectivity index (χ1) is 14.7. The number of nitrogens with zero attached hydrogens (tertiary/aromatic N) is 2. The summed E-state index contributed by atoms with van der Waals surface area (Å²) >= 11 is 0. The highest BCUT2D eigenvalue weighted by atomic mass is 16.5. The molecule has 2 heterocycles. The number of hydrogen-bond acceptors (Lipinski definition) is 5. The Hall–Kier alpha value is -2.15. The van der Waals surface area contributed by atoms with E-state index in [-0.39, 0.29) is 30.8 Å². The van der Waals surface area contributed by atoms with Gasteiger partial charge in [-0.15, -0.1) is 0 Å². The highest BCUT2D eigenvalue weighted by molar-refractivity contribution is 5.99. The predicted molar refractivity (Wildman–Crippen MR) is 117 cm³/mol. The number of Topliss-reactive ketones (excluding diaryl/α,β-unsaturated/α-hetero) is 1. The van der Waals surface area contributed by atoms with E-state index in [1.165, 1.54) is 6.42 Å². The molecule has 7 nitrogen and oxygen atoms in total. The SMILES string of the molecule is COCCn1c(C)cc(C(=O)COC(=O)[C@@H]2CC(=O)N([C@@H]3CCC[C@H](C)[C@@H]3C)C2)c1C. The number of aryl methyl sites for hydroxylation is 1. The molecule has 0 spiro atoms. The van der Waals surface area contributed by atoms with E-state index in [1.54, 1.807) is 7.11 Å². The average Bonchev–Trinajstić information content (AvgIpc) is 3.26. The van der Waals surface area contributed by atoms with Crippen LogP contribution in [0.4, 0.5) is 0 Å². The van der Waals surface area contributed by atoms with Crippen LogP contribution in [0.5, 0.6) is 0 Å². The number of rotatable bonds is 8. The molecule has 1 aliphatic heterocycles. The van der Waals surface area contributed by atoms with E-state index < -0.39 is 11.9 Å². The molecule has 1 saturated carbocycles. The third kappa shape index (κ3) is 5.03. The van der Waals surface area contributed by atoms with Gasteiger partial charge in [0.05, 0.1) is 12.5 Å². The Morgan fingerprint density at radius 2 is 1.94 bits per heavy atom. The van der Waals surface area contributed by atoms with Gasteiger partial charge in [0.2, 0.25) is 11.7 Å². The molecule has 1 amide bonds. The zero-order chi connectivity index (χ0) is 22.7. The molecule has 2 aliphatic rings. The molecule has 0 bridgehead atoms. The van der Waals surface area contributed by atoms with Crippen LogP contribution in [0.25, 0.3) is 0 Å². The summed E-state index contributed by atoms with van der Waals surface area (Å²) < 4.78 is 12.5. The van der Waals surface area contributed by atoms with Gasteiger partial charge in [0, 0.05) is 49.6 Å². The van der Waals surface area contributed by atoms with Gasteiger partial charge in [0.25, 0.3) is 0 Å². The van der Waals surface area contributed by atoms with Gasteiger partial charge in [-0.2, -0.15) is 0 Å². The third-order valence-corrected chi connectivity index (χ3v) is 7.29. The van der Waals surface area contributed by atoms with Gasteiger partial charge < -0.3 is 18.9 Å². The lowest BCUT2D eigenvalue weighted by molar-refractivity contribution is -0.147. The maximum Gasteiger partial charge on any atom is 0.311 e. The lowest BCUT2D eigenvalue weighted by Crippen LogP contribution is -2.45. The monoisotopic (exact) mass is 432 g/mol. The smallest absolute Gasteiger partial charge is 0.311 e. The fourth-order valence-electron chi connectivity index (χ4n) is 5.15. The molecule has 0 radical (unpaired) electrons. The Morgan fingerprint density at radius 3 is 2.65 bits per heavy atom. The lowest BCUT2D eigenvalue weighted by Gasteiger charge is -2.39. The first-order valence-electron chi connectivity index (χ1n) is 11.4. The van der Waals surface area contributed by atoms with Crippen molar-refractivity contribution in [1.82, 2.24) is 9.47 Å². The maximum absolute atomic E-state index is 12.7. The summed E-state index contributed by atoms with van der Waals surface area (Å²) in [6.45, 7) is 9.60. The third-order valence-electron chi connectivity index (χ3n) is 7.29. The number of carbonyl (C=O) groups is 3. The minimum atomic E-state index is -0.487. The lowest BCUT2D eigenvalue weighted by atomic mass is 9.77. The fourth-order valence-corrected chi connectivity index (χ4v) is 5.15. The fraction of sp³-hybridized carbons (Fsp3) is 0.708. The Labute approximate surface area is 185 Å². The summed E-state index contributed by atoms with van der Waals surface area (Å²) in [7, 11) is 1.64. The van der Waals surface area contributed by atoms with E-state index in [9.17, 15) is 14.4 Å². The van der Waals surface area contributed by atoms with Crippen molar-refractivity contribution in [3.63, 3.8) is 0 Å². The maximum atomic E-state index is 12.7. The van der Waals surface area contributed by atoms with Crippen LogP contribution in [0.2, 0.25) is 0 Å². The quantitative estimate of drug-likeness (QED) is 0.466. The molecule has 0 aromatic carbocycles. The highest BCUT2D eigenvalue weighted by Crippen LogP contribution is 2.36. The van der Waals surface area contributed by atoms with Crippen molar-refractivity contribution >= 4 is 17.7 Å².